The Kier molecular flexibility index (Phi) is 4.64. The summed E-state index contributed by atoms with van der Waals surface area (Å²) in [6.07, 6.45) is 0. The summed E-state index contributed by atoms with van der Waals surface area (Å²) >= 11 is 0. The third kappa shape index (κ3) is 2.66. The lowest BCUT2D eigenvalue weighted by atomic mass is 10.6. The highest BCUT2D eigenvalue weighted by molar-refractivity contribution is 14.0. The van der Waals surface area contributed by atoms with Gasteiger partial charge in [0.25, 0.3) is 0 Å². The molecule has 2 rings (SSSR count). The first-order valence-corrected chi connectivity index (χ1v) is 2.89. The lowest BCUT2D eigenvalue weighted by Gasteiger charge is -1.61. The van der Waals surface area contributed by atoms with Gasteiger partial charge in [-0.3, -0.25) is 0 Å². The summed E-state index contributed by atoms with van der Waals surface area (Å²) in [5.74, 6) is 0. The molecule has 0 fully saturated rings. The van der Waals surface area contributed by atoms with Crippen LogP contribution in [0.25, 0.3) is 11.1 Å². The van der Waals surface area contributed by atoms with Gasteiger partial charge >= 0.3 is 0 Å². The topological polar surface area (TPSA) is 9.23 Å². The fourth-order valence-electron chi connectivity index (χ4n) is 0.676. The molecule has 0 unspecified atom stereocenters. The Labute approximate surface area is 78.4 Å². The van der Waals surface area contributed by atoms with Crippen LogP contribution in [0.15, 0.2) is 24.3 Å². The maximum Gasteiger partial charge on any atom is 0.0351 e. The second-order valence-corrected chi connectivity index (χ2v) is 1.99. The number of ether oxygens (including phenoxy) is 1. The van der Waals surface area contributed by atoms with Gasteiger partial charge in [0.05, 0.1) is 0 Å². The van der Waals surface area contributed by atoms with E-state index >= 15 is 0 Å². The van der Waals surface area contributed by atoms with Gasteiger partial charge in [-0.1, -0.05) is 18.2 Å². The average molecular weight is 250 g/mol. The smallest absolute Gasteiger partial charge is 0.0351 e. The van der Waals surface area contributed by atoms with E-state index in [9.17, 15) is 0 Å². The van der Waals surface area contributed by atoms with Crippen molar-refractivity contribution in [2.45, 2.75) is 0 Å². The highest BCUT2D eigenvalue weighted by Crippen LogP contribution is 2.32. The van der Waals surface area contributed by atoms with Crippen LogP contribution in [0.4, 0.5) is 0 Å². The van der Waals surface area contributed by atoms with Gasteiger partial charge in [0, 0.05) is 14.2 Å². The second kappa shape index (κ2) is 4.68. The summed E-state index contributed by atoms with van der Waals surface area (Å²) in [5, 5.41) is 0. The van der Waals surface area contributed by atoms with Crippen LogP contribution in [0, 0.1) is 0 Å². The Morgan fingerprint density at radius 2 is 1.50 bits per heavy atom. The first kappa shape index (κ1) is 9.91. The van der Waals surface area contributed by atoms with E-state index in [4.69, 9.17) is 0 Å². The summed E-state index contributed by atoms with van der Waals surface area (Å²) in [4.78, 5) is 0. The van der Waals surface area contributed by atoms with Crippen molar-refractivity contribution in [3.8, 4) is 11.1 Å². The van der Waals surface area contributed by atoms with Gasteiger partial charge < -0.3 is 4.74 Å². The summed E-state index contributed by atoms with van der Waals surface area (Å²) in [5.41, 5.74) is 2.85. The molecule has 1 nitrogen and oxygen atoms in total. The molecule has 0 saturated carbocycles. The van der Waals surface area contributed by atoms with Crippen LogP contribution in [0.5, 0.6) is 0 Å². The highest BCUT2D eigenvalue weighted by atomic mass is 127. The summed E-state index contributed by atoms with van der Waals surface area (Å²) < 4.78 is 4.25. The minimum Gasteiger partial charge on any atom is -0.388 e. The molecule has 0 radical (unpaired) electrons. The Morgan fingerprint density at radius 1 is 1.10 bits per heavy atom. The number of rotatable bonds is 0. The van der Waals surface area contributed by atoms with Crippen LogP contribution in [-0.2, 0) is 4.74 Å². The van der Waals surface area contributed by atoms with Crippen molar-refractivity contribution in [2.24, 2.45) is 0 Å². The summed E-state index contributed by atoms with van der Waals surface area (Å²) in [6.45, 7) is 0. The standard InChI is InChI=1S/C6H4.C2H6O.HI/c1-2-5-4-6(5)3-1;1-3-2;/h1-4H;1-2H3;1H. The summed E-state index contributed by atoms with van der Waals surface area (Å²) in [6, 6.07) is 8.48. The monoisotopic (exact) mass is 250 g/mol. The van der Waals surface area contributed by atoms with Gasteiger partial charge in [-0.15, -0.1) is 24.0 Å². The first-order chi connectivity index (χ1) is 4.38. The molecule has 0 aromatic carbocycles. The predicted octanol–water partition coefficient (Wildman–Crippen LogP) is 2.55. The molecule has 0 aromatic rings. The lowest BCUT2D eigenvalue weighted by molar-refractivity contribution is 0.277. The van der Waals surface area contributed by atoms with Crippen molar-refractivity contribution in [2.75, 3.05) is 14.2 Å². The Morgan fingerprint density at radius 3 is 1.60 bits per heavy atom. The third-order valence-electron chi connectivity index (χ3n) is 1.11. The molecule has 56 valence electrons. The fourth-order valence-corrected chi connectivity index (χ4v) is 0.676. The van der Waals surface area contributed by atoms with Gasteiger partial charge in [0.1, 0.15) is 0 Å². The molecular weight excluding hydrogens is 239 g/mol. The zero-order chi connectivity index (χ0) is 6.69. The Balaban J connectivity index is 0.000000183. The number of hydrogen-bond acceptors (Lipinski definition) is 1. The molecule has 2 aliphatic carbocycles. The van der Waals surface area contributed by atoms with Crippen LogP contribution in [0.2, 0.25) is 0 Å². The number of methoxy groups -OCH3 is 1. The zero-order valence-corrected chi connectivity index (χ0v) is 8.46. The highest BCUT2D eigenvalue weighted by Gasteiger charge is 2.06. The minimum absolute atomic E-state index is 0. The average Bonchev–Trinajstić information content (AvgIpc) is 2.43. The molecular formula is C8H11IO. The number of halogens is 1. The van der Waals surface area contributed by atoms with E-state index in [0.29, 0.717) is 0 Å². The van der Waals surface area contributed by atoms with E-state index < -0.39 is 0 Å². The van der Waals surface area contributed by atoms with E-state index in [-0.39, 0.29) is 24.0 Å². The van der Waals surface area contributed by atoms with Gasteiger partial charge in [-0.25, -0.2) is 0 Å². The minimum atomic E-state index is 0. The van der Waals surface area contributed by atoms with Crippen LogP contribution in [0.3, 0.4) is 0 Å². The van der Waals surface area contributed by atoms with Crippen LogP contribution >= 0.6 is 24.0 Å². The maximum atomic E-state index is 4.25. The van der Waals surface area contributed by atoms with E-state index in [2.05, 4.69) is 29.0 Å². The molecule has 2 aliphatic rings. The van der Waals surface area contributed by atoms with Gasteiger partial charge in [-0.2, -0.15) is 0 Å². The van der Waals surface area contributed by atoms with Crippen molar-refractivity contribution in [3.63, 3.8) is 0 Å². The molecule has 0 heterocycles. The molecule has 0 amide bonds. The lowest BCUT2D eigenvalue weighted by Crippen LogP contribution is -1.55. The largest absolute Gasteiger partial charge is 0.388 e. The van der Waals surface area contributed by atoms with Gasteiger partial charge in [0.2, 0.25) is 0 Å². The van der Waals surface area contributed by atoms with Crippen LogP contribution in [-0.4, -0.2) is 14.2 Å². The predicted molar refractivity (Wildman–Crippen MR) is 53.8 cm³/mol. The van der Waals surface area contributed by atoms with Crippen molar-refractivity contribution < 1.29 is 4.74 Å². The van der Waals surface area contributed by atoms with E-state index in [1.54, 1.807) is 14.2 Å². The molecule has 0 spiro atoms. The third-order valence-corrected chi connectivity index (χ3v) is 1.11. The fraction of sp³-hybridized carbons (Fsp3) is 0.250. The van der Waals surface area contributed by atoms with E-state index in [0.717, 1.165) is 0 Å². The van der Waals surface area contributed by atoms with Gasteiger partial charge in [0.15, 0.2) is 0 Å². The molecule has 0 N–H and O–H groups in total. The van der Waals surface area contributed by atoms with Crippen molar-refractivity contribution in [1.82, 2.24) is 0 Å². The van der Waals surface area contributed by atoms with Crippen LogP contribution in [0.1, 0.15) is 0 Å². The molecule has 0 saturated heterocycles. The van der Waals surface area contributed by atoms with Gasteiger partial charge in [-0.05, 0) is 17.2 Å². The quantitative estimate of drug-likeness (QED) is 0.653. The first-order valence-electron chi connectivity index (χ1n) is 2.89. The molecule has 0 bridgehead atoms. The number of benzene rings is 1. The molecule has 10 heavy (non-hydrogen) atoms. The molecule has 0 aliphatic heterocycles. The number of fused-ring (bicyclic) bond motifs is 1. The van der Waals surface area contributed by atoms with Crippen molar-refractivity contribution in [3.05, 3.63) is 24.3 Å². The van der Waals surface area contributed by atoms with Crippen molar-refractivity contribution in [1.29, 1.82) is 0 Å². The summed E-state index contributed by atoms with van der Waals surface area (Å²) in [7, 11) is 3.25. The van der Waals surface area contributed by atoms with Crippen LogP contribution < -0.4 is 0 Å². The Hall–Kier alpha value is -0.0900. The zero-order valence-electron chi connectivity index (χ0n) is 6.13. The molecule has 0 atom stereocenters. The molecule has 2 heteroatoms. The maximum absolute atomic E-state index is 4.25. The van der Waals surface area contributed by atoms with E-state index in [1.807, 2.05) is 0 Å². The van der Waals surface area contributed by atoms with E-state index in [1.165, 1.54) is 11.1 Å². The normalized spacial score (nSPS) is 8.60. The second-order valence-electron chi connectivity index (χ2n) is 1.99. The van der Waals surface area contributed by atoms with Crippen molar-refractivity contribution >= 4 is 24.0 Å². The Bertz CT molecular complexity index is 181. The molecule has 0 aromatic heterocycles. The SMILES string of the molecule is COC.I.c1cc2cc-2c1. The number of hydrogen-bond donors (Lipinski definition) is 0.